The maximum Gasteiger partial charge on any atom is 0.329 e. The quantitative estimate of drug-likeness (QED) is 0.693. The fourth-order valence-corrected chi connectivity index (χ4v) is 5.41. The maximum atomic E-state index is 12.5. The number of hydrogen-bond donors (Lipinski definition) is 3. The molecule has 0 aromatic heterocycles. The third-order valence-corrected chi connectivity index (χ3v) is 6.50. The van der Waals surface area contributed by atoms with Gasteiger partial charge in [-0.25, -0.2) is 4.79 Å². The lowest BCUT2D eigenvalue weighted by Gasteiger charge is -2.41. The number of aryl methyl sites for hydroxylation is 2. The van der Waals surface area contributed by atoms with Crippen LogP contribution in [0.25, 0.3) is 0 Å². The van der Waals surface area contributed by atoms with E-state index in [0.717, 1.165) is 44.5 Å². The molecule has 2 aliphatic carbocycles. The Morgan fingerprint density at radius 2 is 1.81 bits per heavy atom. The zero-order valence-electron chi connectivity index (χ0n) is 15.7. The Labute approximate surface area is 160 Å². The van der Waals surface area contributed by atoms with Crippen LogP contribution in [0.15, 0.2) is 6.07 Å². The van der Waals surface area contributed by atoms with E-state index in [9.17, 15) is 9.90 Å². The van der Waals surface area contributed by atoms with E-state index in [0.29, 0.717) is 11.8 Å². The predicted molar refractivity (Wildman–Crippen MR) is 107 cm³/mol. The number of rotatable bonds is 5. The van der Waals surface area contributed by atoms with E-state index in [2.05, 4.69) is 21.0 Å². The molecule has 3 aliphatic rings. The number of likely N-dealkylation sites (tertiary alicyclic amines) is 1. The maximum absolute atomic E-state index is 12.5. The first-order valence-electron chi connectivity index (χ1n) is 9.73. The van der Waals surface area contributed by atoms with E-state index in [1.54, 1.807) is 0 Å². The Morgan fingerprint density at radius 1 is 1.19 bits per heavy atom. The molecule has 3 N–H and O–H groups in total. The lowest BCUT2D eigenvalue weighted by molar-refractivity contribution is 0.0178. The van der Waals surface area contributed by atoms with E-state index < -0.39 is 5.60 Å². The van der Waals surface area contributed by atoms with Crippen LogP contribution in [0.1, 0.15) is 48.9 Å². The van der Waals surface area contributed by atoms with Crippen LogP contribution in [0.2, 0.25) is 0 Å². The average molecular weight is 376 g/mol. The summed E-state index contributed by atoms with van der Waals surface area (Å²) in [7, 11) is 0. The van der Waals surface area contributed by atoms with Gasteiger partial charge in [0.2, 0.25) is 0 Å². The minimum Gasteiger partial charge on any atom is -0.389 e. The van der Waals surface area contributed by atoms with Gasteiger partial charge in [-0.3, -0.25) is 9.62 Å². The minimum absolute atomic E-state index is 0.106. The SMILES string of the molecule is CC(C)(O)CN1CC(SNC(=O)Nc2c3c(cc4c2CCC4)CCC3)C1. The number of nitrogens with zero attached hydrogens (tertiary/aromatic N) is 1. The molecule has 0 unspecified atom stereocenters. The van der Waals surface area contributed by atoms with Crippen molar-refractivity contribution < 1.29 is 9.90 Å². The minimum atomic E-state index is -0.658. The van der Waals surface area contributed by atoms with Crippen molar-refractivity contribution in [2.75, 3.05) is 25.0 Å². The summed E-state index contributed by atoms with van der Waals surface area (Å²) >= 11 is 1.50. The molecule has 1 fully saturated rings. The zero-order chi connectivity index (χ0) is 18.3. The summed E-state index contributed by atoms with van der Waals surface area (Å²) in [5.74, 6) is 0. The highest BCUT2D eigenvalue weighted by Gasteiger charge is 2.31. The van der Waals surface area contributed by atoms with Crippen LogP contribution in [0.5, 0.6) is 0 Å². The number of anilines is 1. The van der Waals surface area contributed by atoms with Gasteiger partial charge in [0.25, 0.3) is 0 Å². The highest BCUT2D eigenvalue weighted by atomic mass is 32.2. The molecule has 0 spiro atoms. The van der Waals surface area contributed by atoms with Gasteiger partial charge >= 0.3 is 6.03 Å². The molecule has 4 rings (SSSR count). The van der Waals surface area contributed by atoms with Gasteiger partial charge in [-0.1, -0.05) is 6.07 Å². The molecule has 1 saturated heterocycles. The summed E-state index contributed by atoms with van der Waals surface area (Å²) in [5, 5.41) is 13.4. The highest BCUT2D eigenvalue weighted by Crippen LogP contribution is 2.38. The number of urea groups is 1. The van der Waals surface area contributed by atoms with Gasteiger partial charge in [-0.05, 0) is 86.6 Å². The van der Waals surface area contributed by atoms with Crippen molar-refractivity contribution in [3.05, 3.63) is 28.3 Å². The number of amides is 2. The molecule has 1 aromatic carbocycles. The smallest absolute Gasteiger partial charge is 0.329 e. The largest absolute Gasteiger partial charge is 0.389 e. The van der Waals surface area contributed by atoms with E-state index in [4.69, 9.17) is 0 Å². The molecule has 0 radical (unpaired) electrons. The topological polar surface area (TPSA) is 64.6 Å². The van der Waals surface area contributed by atoms with Crippen LogP contribution >= 0.6 is 11.9 Å². The fourth-order valence-electron chi connectivity index (χ4n) is 4.52. The first kappa shape index (κ1) is 18.1. The van der Waals surface area contributed by atoms with Crippen molar-refractivity contribution in [3.8, 4) is 0 Å². The molecule has 1 heterocycles. The summed E-state index contributed by atoms with van der Waals surface area (Å²) < 4.78 is 2.98. The summed E-state index contributed by atoms with van der Waals surface area (Å²) in [4.78, 5) is 14.7. The fraction of sp³-hybridized carbons (Fsp3) is 0.650. The third-order valence-electron chi connectivity index (χ3n) is 5.56. The predicted octanol–water partition coefficient (Wildman–Crippen LogP) is 2.89. The van der Waals surface area contributed by atoms with E-state index in [-0.39, 0.29) is 6.03 Å². The monoisotopic (exact) mass is 375 g/mol. The molecule has 0 saturated carbocycles. The van der Waals surface area contributed by atoms with Crippen LogP contribution in [0.3, 0.4) is 0 Å². The van der Waals surface area contributed by atoms with Crippen LogP contribution in [0, 0.1) is 0 Å². The Hall–Kier alpha value is -1.24. The Bertz CT molecular complexity index is 676. The molecule has 0 atom stereocenters. The first-order chi connectivity index (χ1) is 12.4. The van der Waals surface area contributed by atoms with E-state index in [1.165, 1.54) is 47.0 Å². The lowest BCUT2D eigenvalue weighted by atomic mass is 9.99. The molecule has 5 nitrogen and oxygen atoms in total. The lowest BCUT2D eigenvalue weighted by Crippen LogP contribution is -2.54. The Balaban J connectivity index is 1.31. The summed E-state index contributed by atoms with van der Waals surface area (Å²) in [6.07, 6.45) is 6.85. The van der Waals surface area contributed by atoms with Gasteiger partial charge in [-0.2, -0.15) is 0 Å². The molecule has 1 aliphatic heterocycles. The van der Waals surface area contributed by atoms with Crippen molar-refractivity contribution in [2.24, 2.45) is 0 Å². The number of fused-ring (bicyclic) bond motifs is 2. The first-order valence-corrected chi connectivity index (χ1v) is 10.6. The van der Waals surface area contributed by atoms with Gasteiger partial charge in [0, 0.05) is 25.3 Å². The van der Waals surface area contributed by atoms with Crippen LogP contribution in [-0.2, 0) is 25.7 Å². The number of carbonyl (C=O) groups is 1. The molecule has 1 aromatic rings. The standard InChI is InChI=1S/C20H29N3O2S/c1-20(2,25)12-23-10-15(11-23)26-22-19(24)21-18-16-7-3-5-13(16)9-14-6-4-8-17(14)18/h9,15,25H,3-8,10-12H2,1-2H3,(H2,21,22,24). The Morgan fingerprint density at radius 3 is 2.38 bits per heavy atom. The molecule has 26 heavy (non-hydrogen) atoms. The number of benzene rings is 1. The average Bonchev–Trinajstić information content (AvgIpc) is 3.16. The highest BCUT2D eigenvalue weighted by molar-refractivity contribution is 7.98. The molecule has 0 bridgehead atoms. The van der Waals surface area contributed by atoms with Crippen LogP contribution < -0.4 is 10.0 Å². The molecule has 6 heteroatoms. The summed E-state index contributed by atoms with van der Waals surface area (Å²) in [5.41, 5.74) is 6.05. The number of carbonyl (C=O) groups excluding carboxylic acids is 1. The molecule has 142 valence electrons. The van der Waals surface area contributed by atoms with E-state index >= 15 is 0 Å². The summed E-state index contributed by atoms with van der Waals surface area (Å²) in [6.45, 7) is 6.15. The number of nitrogens with one attached hydrogen (secondary N) is 2. The van der Waals surface area contributed by atoms with Crippen LogP contribution in [-0.4, -0.2) is 46.5 Å². The number of β-amino-alcohol motifs (C(OH)–C–C–N with tert-alkyl or cyclic N) is 1. The van der Waals surface area contributed by atoms with Crippen molar-refractivity contribution in [1.29, 1.82) is 0 Å². The second kappa shape index (κ2) is 7.06. The van der Waals surface area contributed by atoms with Crippen LogP contribution in [0.4, 0.5) is 10.5 Å². The van der Waals surface area contributed by atoms with Crippen molar-refractivity contribution in [2.45, 2.75) is 63.2 Å². The van der Waals surface area contributed by atoms with Crippen molar-refractivity contribution in [3.63, 3.8) is 0 Å². The summed E-state index contributed by atoms with van der Waals surface area (Å²) in [6, 6.07) is 2.28. The second-order valence-corrected chi connectivity index (χ2v) is 9.64. The second-order valence-electron chi connectivity index (χ2n) is 8.54. The van der Waals surface area contributed by atoms with Gasteiger partial charge in [-0.15, -0.1) is 0 Å². The zero-order valence-corrected chi connectivity index (χ0v) is 16.5. The van der Waals surface area contributed by atoms with Gasteiger partial charge in [0.05, 0.1) is 10.9 Å². The molecular weight excluding hydrogens is 346 g/mol. The van der Waals surface area contributed by atoms with Crippen molar-refractivity contribution in [1.82, 2.24) is 9.62 Å². The normalized spacial score (nSPS) is 19.8. The van der Waals surface area contributed by atoms with Gasteiger partial charge < -0.3 is 10.4 Å². The van der Waals surface area contributed by atoms with Crippen molar-refractivity contribution >= 4 is 23.7 Å². The van der Waals surface area contributed by atoms with Gasteiger partial charge in [0.1, 0.15) is 0 Å². The number of aliphatic hydroxyl groups is 1. The van der Waals surface area contributed by atoms with E-state index in [1.807, 2.05) is 13.8 Å². The third kappa shape index (κ3) is 3.87. The Kier molecular flexibility index (Phi) is 4.92. The molecule has 2 amide bonds. The molecular formula is C20H29N3O2S. The number of hydrogen-bond acceptors (Lipinski definition) is 4. The van der Waals surface area contributed by atoms with Gasteiger partial charge in [0.15, 0.2) is 0 Å².